The lowest BCUT2D eigenvalue weighted by Crippen LogP contribution is -2.38. The molecule has 0 saturated carbocycles. The molecule has 2 fully saturated rings. The highest BCUT2D eigenvalue weighted by atomic mass is 16.7. The number of rotatable bonds is 3. The topological polar surface area (TPSA) is 41.9 Å². The molecule has 0 bridgehead atoms. The Morgan fingerprint density at radius 2 is 2.08 bits per heavy atom. The molecule has 2 aliphatic heterocycles. The third-order valence-electron chi connectivity index (χ3n) is 2.78. The number of likely N-dealkylation sites (tertiary alicyclic amines) is 1. The third-order valence-corrected chi connectivity index (χ3v) is 2.78. The summed E-state index contributed by atoms with van der Waals surface area (Å²) in [4.78, 5) is 2.26. The minimum absolute atomic E-state index is 0.0628. The predicted molar refractivity (Wildman–Crippen MR) is 47.4 cm³/mol. The maximum absolute atomic E-state index is 9.09. The van der Waals surface area contributed by atoms with Crippen molar-refractivity contribution < 1.29 is 14.6 Å². The van der Waals surface area contributed by atoms with E-state index >= 15 is 0 Å². The Hall–Kier alpha value is -0.160. The van der Waals surface area contributed by atoms with Crippen molar-refractivity contribution in [3.63, 3.8) is 0 Å². The molecular formula is C9H17NO3. The van der Waals surface area contributed by atoms with E-state index < -0.39 is 0 Å². The lowest BCUT2D eigenvalue weighted by Gasteiger charge is -2.24. The molecule has 2 heterocycles. The first kappa shape index (κ1) is 9.40. The fraction of sp³-hybridized carbons (Fsp3) is 1.00. The van der Waals surface area contributed by atoms with Gasteiger partial charge in [0.2, 0.25) is 0 Å². The fourth-order valence-electron chi connectivity index (χ4n) is 2.05. The van der Waals surface area contributed by atoms with E-state index in [0.717, 1.165) is 19.5 Å². The van der Waals surface area contributed by atoms with Gasteiger partial charge in [-0.05, 0) is 19.4 Å². The Balaban J connectivity index is 1.79. The van der Waals surface area contributed by atoms with E-state index in [9.17, 15) is 0 Å². The Labute approximate surface area is 78.4 Å². The monoisotopic (exact) mass is 187 g/mol. The van der Waals surface area contributed by atoms with Gasteiger partial charge in [0.15, 0.2) is 6.29 Å². The molecule has 0 amide bonds. The van der Waals surface area contributed by atoms with Crippen LogP contribution in [0.5, 0.6) is 0 Å². The zero-order valence-corrected chi connectivity index (χ0v) is 7.82. The van der Waals surface area contributed by atoms with Crippen LogP contribution in [-0.4, -0.2) is 55.2 Å². The van der Waals surface area contributed by atoms with Crippen molar-refractivity contribution in [2.45, 2.75) is 25.2 Å². The van der Waals surface area contributed by atoms with Gasteiger partial charge < -0.3 is 14.6 Å². The van der Waals surface area contributed by atoms with Gasteiger partial charge >= 0.3 is 0 Å². The third kappa shape index (κ3) is 2.20. The summed E-state index contributed by atoms with van der Waals surface area (Å²) in [5.41, 5.74) is 0. The summed E-state index contributed by atoms with van der Waals surface area (Å²) in [6.45, 7) is 3.55. The van der Waals surface area contributed by atoms with Crippen molar-refractivity contribution in [1.29, 1.82) is 0 Å². The lowest BCUT2D eigenvalue weighted by atomic mass is 10.2. The molecule has 2 aliphatic rings. The molecule has 4 heteroatoms. The van der Waals surface area contributed by atoms with Crippen molar-refractivity contribution in [2.24, 2.45) is 0 Å². The van der Waals surface area contributed by atoms with Crippen LogP contribution in [0, 0.1) is 0 Å². The van der Waals surface area contributed by atoms with E-state index in [1.807, 2.05) is 0 Å². The molecule has 2 rings (SSSR count). The second-order valence-corrected chi connectivity index (χ2v) is 3.64. The molecule has 0 radical (unpaired) electrons. The highest BCUT2D eigenvalue weighted by Crippen LogP contribution is 2.18. The molecule has 0 aromatic carbocycles. The van der Waals surface area contributed by atoms with Crippen LogP contribution in [0.15, 0.2) is 0 Å². The standard InChI is InChI=1S/C9H17NO3/c11-7-8-2-1-3-10(8)6-9-12-4-5-13-9/h8-9,11H,1-7H2. The van der Waals surface area contributed by atoms with Crippen molar-refractivity contribution in [3.05, 3.63) is 0 Å². The predicted octanol–water partition coefficient (Wildman–Crippen LogP) is -0.184. The van der Waals surface area contributed by atoms with Crippen LogP contribution < -0.4 is 0 Å². The van der Waals surface area contributed by atoms with Crippen LogP contribution >= 0.6 is 0 Å². The molecule has 13 heavy (non-hydrogen) atoms. The van der Waals surface area contributed by atoms with E-state index in [-0.39, 0.29) is 12.9 Å². The van der Waals surface area contributed by atoms with Gasteiger partial charge in [-0.1, -0.05) is 0 Å². The Morgan fingerprint density at radius 1 is 1.31 bits per heavy atom. The minimum Gasteiger partial charge on any atom is -0.395 e. The number of nitrogens with zero attached hydrogens (tertiary/aromatic N) is 1. The van der Waals surface area contributed by atoms with Crippen molar-refractivity contribution >= 4 is 0 Å². The summed E-state index contributed by atoms with van der Waals surface area (Å²) in [6.07, 6.45) is 2.22. The summed E-state index contributed by atoms with van der Waals surface area (Å²) in [5, 5.41) is 9.09. The van der Waals surface area contributed by atoms with Gasteiger partial charge in [-0.2, -0.15) is 0 Å². The molecule has 1 N–H and O–H groups in total. The van der Waals surface area contributed by atoms with Gasteiger partial charge in [0, 0.05) is 12.6 Å². The molecule has 2 saturated heterocycles. The fourth-order valence-corrected chi connectivity index (χ4v) is 2.05. The SMILES string of the molecule is OCC1CCCN1CC1OCCO1. The Bertz CT molecular complexity index is 159. The largest absolute Gasteiger partial charge is 0.395 e. The van der Waals surface area contributed by atoms with E-state index in [2.05, 4.69) is 4.90 Å². The summed E-state index contributed by atoms with van der Waals surface area (Å²) in [6, 6.07) is 0.327. The van der Waals surface area contributed by atoms with Crippen LogP contribution in [0.1, 0.15) is 12.8 Å². The average molecular weight is 187 g/mol. The van der Waals surface area contributed by atoms with E-state index in [0.29, 0.717) is 19.3 Å². The first-order chi connectivity index (χ1) is 6.40. The second kappa shape index (κ2) is 4.37. The molecule has 1 unspecified atom stereocenters. The quantitative estimate of drug-likeness (QED) is 0.665. The molecule has 76 valence electrons. The van der Waals surface area contributed by atoms with Crippen LogP contribution in [0.2, 0.25) is 0 Å². The molecule has 1 atom stereocenters. The van der Waals surface area contributed by atoms with Crippen LogP contribution in [0.3, 0.4) is 0 Å². The van der Waals surface area contributed by atoms with Crippen molar-refractivity contribution in [2.75, 3.05) is 32.9 Å². The highest BCUT2D eigenvalue weighted by molar-refractivity contribution is 4.79. The first-order valence-electron chi connectivity index (χ1n) is 4.98. The lowest BCUT2D eigenvalue weighted by molar-refractivity contribution is -0.0662. The smallest absolute Gasteiger partial charge is 0.170 e. The summed E-state index contributed by atoms with van der Waals surface area (Å²) < 4.78 is 10.7. The van der Waals surface area contributed by atoms with Gasteiger partial charge in [0.25, 0.3) is 0 Å². The molecular weight excluding hydrogens is 170 g/mol. The molecule has 0 aromatic rings. The Morgan fingerprint density at radius 3 is 2.77 bits per heavy atom. The van der Waals surface area contributed by atoms with E-state index in [1.54, 1.807) is 0 Å². The first-order valence-corrected chi connectivity index (χ1v) is 4.98. The number of ether oxygens (including phenoxy) is 2. The number of hydrogen-bond acceptors (Lipinski definition) is 4. The van der Waals surface area contributed by atoms with Crippen molar-refractivity contribution in [1.82, 2.24) is 4.90 Å². The van der Waals surface area contributed by atoms with Gasteiger partial charge in [-0.15, -0.1) is 0 Å². The van der Waals surface area contributed by atoms with E-state index in [1.165, 1.54) is 6.42 Å². The molecule has 0 aliphatic carbocycles. The summed E-state index contributed by atoms with van der Waals surface area (Å²) in [5.74, 6) is 0. The van der Waals surface area contributed by atoms with Crippen LogP contribution in [0.4, 0.5) is 0 Å². The van der Waals surface area contributed by atoms with Gasteiger partial charge in [-0.3, -0.25) is 4.90 Å². The molecule has 4 nitrogen and oxygen atoms in total. The second-order valence-electron chi connectivity index (χ2n) is 3.64. The van der Waals surface area contributed by atoms with Gasteiger partial charge in [0.1, 0.15) is 0 Å². The summed E-state index contributed by atoms with van der Waals surface area (Å²) in [7, 11) is 0. The minimum atomic E-state index is -0.0628. The number of hydrogen-bond donors (Lipinski definition) is 1. The van der Waals surface area contributed by atoms with Crippen LogP contribution in [-0.2, 0) is 9.47 Å². The zero-order chi connectivity index (χ0) is 9.10. The maximum Gasteiger partial charge on any atom is 0.170 e. The summed E-state index contributed by atoms with van der Waals surface area (Å²) >= 11 is 0. The number of aliphatic hydroxyl groups excluding tert-OH is 1. The van der Waals surface area contributed by atoms with Gasteiger partial charge in [0.05, 0.1) is 19.8 Å². The zero-order valence-electron chi connectivity index (χ0n) is 7.82. The molecule has 0 aromatic heterocycles. The highest BCUT2D eigenvalue weighted by Gasteiger charge is 2.28. The van der Waals surface area contributed by atoms with Gasteiger partial charge in [-0.25, -0.2) is 0 Å². The average Bonchev–Trinajstić information content (AvgIpc) is 2.76. The Kier molecular flexibility index (Phi) is 3.16. The number of aliphatic hydroxyl groups is 1. The van der Waals surface area contributed by atoms with Crippen molar-refractivity contribution in [3.8, 4) is 0 Å². The molecule has 0 spiro atoms. The van der Waals surface area contributed by atoms with E-state index in [4.69, 9.17) is 14.6 Å². The van der Waals surface area contributed by atoms with Crippen LogP contribution in [0.25, 0.3) is 0 Å². The normalized spacial score (nSPS) is 31.6. The maximum atomic E-state index is 9.09.